The SMILES string of the molecule is Cc1ccc(Cn2nc(C)c(/C=N/NC(=O)c3ccc(Cn4nnc(-c5ccccc5)n4)cc3)c2C)cc1. The van der Waals surface area contributed by atoms with Crippen LogP contribution in [-0.4, -0.2) is 42.1 Å². The Bertz CT molecular complexity index is 1570. The van der Waals surface area contributed by atoms with Gasteiger partial charge in [-0.15, -0.1) is 10.2 Å². The third-order valence-electron chi connectivity index (χ3n) is 6.28. The predicted octanol–water partition coefficient (Wildman–Crippen LogP) is 4.32. The molecular formula is C29H28N8O. The summed E-state index contributed by atoms with van der Waals surface area (Å²) in [4.78, 5) is 14.2. The summed E-state index contributed by atoms with van der Waals surface area (Å²) in [6.07, 6.45) is 1.65. The Morgan fingerprint density at radius 1 is 0.868 bits per heavy atom. The van der Waals surface area contributed by atoms with Gasteiger partial charge in [0.1, 0.15) is 0 Å². The van der Waals surface area contributed by atoms with E-state index in [1.54, 1.807) is 18.3 Å². The molecule has 0 aliphatic rings. The van der Waals surface area contributed by atoms with Crippen LogP contribution in [0.3, 0.4) is 0 Å². The van der Waals surface area contributed by atoms with Crippen LogP contribution in [0.25, 0.3) is 11.4 Å². The number of hydrogen-bond donors (Lipinski definition) is 1. The van der Waals surface area contributed by atoms with Gasteiger partial charge in [-0.25, -0.2) is 5.43 Å². The van der Waals surface area contributed by atoms with E-state index >= 15 is 0 Å². The zero-order valence-electron chi connectivity index (χ0n) is 21.5. The molecule has 5 rings (SSSR count). The Balaban J connectivity index is 1.18. The molecule has 0 aliphatic heterocycles. The summed E-state index contributed by atoms with van der Waals surface area (Å²) in [6, 6.07) is 25.4. The van der Waals surface area contributed by atoms with E-state index in [0.717, 1.165) is 28.1 Å². The first-order chi connectivity index (χ1) is 18.5. The lowest BCUT2D eigenvalue weighted by atomic mass is 10.1. The van der Waals surface area contributed by atoms with Gasteiger partial charge in [0.15, 0.2) is 0 Å². The van der Waals surface area contributed by atoms with Crippen molar-refractivity contribution in [3.05, 3.63) is 118 Å². The molecule has 190 valence electrons. The van der Waals surface area contributed by atoms with Crippen molar-refractivity contribution in [1.82, 2.24) is 35.4 Å². The summed E-state index contributed by atoms with van der Waals surface area (Å²) >= 11 is 0. The maximum atomic E-state index is 12.6. The van der Waals surface area contributed by atoms with Crippen LogP contribution in [0.1, 0.15) is 44.0 Å². The second-order valence-electron chi connectivity index (χ2n) is 9.13. The van der Waals surface area contributed by atoms with Crippen LogP contribution in [0.5, 0.6) is 0 Å². The smallest absolute Gasteiger partial charge is 0.267 e. The highest BCUT2D eigenvalue weighted by molar-refractivity contribution is 5.95. The van der Waals surface area contributed by atoms with E-state index in [1.165, 1.54) is 15.9 Å². The minimum Gasteiger partial charge on any atom is -0.267 e. The number of carbonyl (C=O) groups is 1. The van der Waals surface area contributed by atoms with Crippen LogP contribution in [0.2, 0.25) is 0 Å². The summed E-state index contributed by atoms with van der Waals surface area (Å²) in [5.41, 5.74) is 10.1. The van der Waals surface area contributed by atoms with Crippen LogP contribution in [0.4, 0.5) is 0 Å². The highest BCUT2D eigenvalue weighted by Crippen LogP contribution is 2.15. The molecule has 1 N–H and O–H groups in total. The molecule has 2 aromatic heterocycles. The van der Waals surface area contributed by atoms with Gasteiger partial charge in [0.2, 0.25) is 5.82 Å². The van der Waals surface area contributed by atoms with Crippen LogP contribution in [-0.2, 0) is 13.1 Å². The molecule has 1 amide bonds. The lowest BCUT2D eigenvalue weighted by Crippen LogP contribution is -2.17. The largest absolute Gasteiger partial charge is 0.271 e. The summed E-state index contributed by atoms with van der Waals surface area (Å²) in [7, 11) is 0. The first kappa shape index (κ1) is 24.8. The van der Waals surface area contributed by atoms with E-state index in [1.807, 2.05) is 61.0 Å². The number of amides is 1. The summed E-state index contributed by atoms with van der Waals surface area (Å²) in [5, 5.41) is 21.5. The molecule has 2 heterocycles. The normalized spacial score (nSPS) is 11.2. The Labute approximate surface area is 220 Å². The Morgan fingerprint density at radius 2 is 1.55 bits per heavy atom. The molecule has 0 fully saturated rings. The van der Waals surface area contributed by atoms with Gasteiger partial charge in [-0.1, -0.05) is 72.3 Å². The van der Waals surface area contributed by atoms with Crippen molar-refractivity contribution < 1.29 is 4.79 Å². The van der Waals surface area contributed by atoms with Gasteiger partial charge >= 0.3 is 0 Å². The van der Waals surface area contributed by atoms with Crippen LogP contribution in [0, 0.1) is 20.8 Å². The first-order valence-corrected chi connectivity index (χ1v) is 12.3. The number of aryl methyl sites for hydroxylation is 2. The highest BCUT2D eigenvalue weighted by atomic mass is 16.2. The fourth-order valence-electron chi connectivity index (χ4n) is 4.08. The van der Waals surface area contributed by atoms with Crippen molar-refractivity contribution >= 4 is 12.1 Å². The molecule has 38 heavy (non-hydrogen) atoms. The number of benzene rings is 3. The average molecular weight is 505 g/mol. The fourth-order valence-corrected chi connectivity index (χ4v) is 4.08. The molecule has 0 spiro atoms. The van der Waals surface area contributed by atoms with Gasteiger partial charge in [-0.2, -0.15) is 15.0 Å². The summed E-state index contributed by atoms with van der Waals surface area (Å²) in [5.74, 6) is 0.283. The number of aromatic nitrogens is 6. The Morgan fingerprint density at radius 3 is 2.29 bits per heavy atom. The number of rotatable bonds is 8. The van der Waals surface area contributed by atoms with Crippen molar-refractivity contribution in [2.45, 2.75) is 33.9 Å². The minimum absolute atomic E-state index is 0.291. The van der Waals surface area contributed by atoms with Crippen molar-refractivity contribution in [2.24, 2.45) is 5.10 Å². The Hall–Kier alpha value is -4.92. The van der Waals surface area contributed by atoms with E-state index in [9.17, 15) is 4.79 Å². The van der Waals surface area contributed by atoms with Gasteiger partial charge in [0.25, 0.3) is 5.91 Å². The molecule has 0 saturated heterocycles. The van der Waals surface area contributed by atoms with Crippen molar-refractivity contribution in [2.75, 3.05) is 0 Å². The van der Waals surface area contributed by atoms with Gasteiger partial charge in [0, 0.05) is 22.4 Å². The van der Waals surface area contributed by atoms with Gasteiger partial charge in [-0.05, 0) is 49.2 Å². The second-order valence-corrected chi connectivity index (χ2v) is 9.13. The summed E-state index contributed by atoms with van der Waals surface area (Å²) < 4.78 is 1.95. The van der Waals surface area contributed by atoms with Crippen LogP contribution < -0.4 is 5.43 Å². The summed E-state index contributed by atoms with van der Waals surface area (Å²) in [6.45, 7) is 7.14. The van der Waals surface area contributed by atoms with E-state index in [2.05, 4.69) is 62.2 Å². The van der Waals surface area contributed by atoms with Crippen molar-refractivity contribution in [1.29, 1.82) is 0 Å². The number of nitrogens with zero attached hydrogens (tertiary/aromatic N) is 7. The molecule has 0 atom stereocenters. The maximum absolute atomic E-state index is 12.6. The van der Waals surface area contributed by atoms with E-state index < -0.39 is 0 Å². The molecule has 9 nitrogen and oxygen atoms in total. The number of carbonyl (C=O) groups excluding carboxylic acids is 1. The predicted molar refractivity (Wildman–Crippen MR) is 146 cm³/mol. The number of nitrogens with one attached hydrogen (secondary N) is 1. The van der Waals surface area contributed by atoms with Crippen LogP contribution in [0.15, 0.2) is 84.0 Å². The van der Waals surface area contributed by atoms with Crippen LogP contribution >= 0.6 is 0 Å². The topological polar surface area (TPSA) is 103 Å². The highest BCUT2D eigenvalue weighted by Gasteiger charge is 2.11. The molecule has 0 radical (unpaired) electrons. The standard InChI is InChI=1S/C29H28N8O/c1-20-9-11-23(12-10-20)18-36-22(3)27(21(2)33-36)17-30-32-29(38)26-15-13-24(14-16-26)19-37-34-28(31-35-37)25-7-5-4-6-8-25/h4-17H,18-19H2,1-3H3,(H,32,38)/b30-17+. The van der Waals surface area contributed by atoms with Crippen molar-refractivity contribution in [3.8, 4) is 11.4 Å². The molecule has 0 unspecified atom stereocenters. The number of hydrazone groups is 1. The molecule has 5 aromatic rings. The Kier molecular flexibility index (Phi) is 7.17. The maximum Gasteiger partial charge on any atom is 0.271 e. The molecule has 3 aromatic carbocycles. The number of hydrogen-bond acceptors (Lipinski definition) is 6. The first-order valence-electron chi connectivity index (χ1n) is 12.3. The zero-order chi connectivity index (χ0) is 26.5. The molecule has 0 bridgehead atoms. The quantitative estimate of drug-likeness (QED) is 0.250. The van der Waals surface area contributed by atoms with Gasteiger partial charge in [-0.3, -0.25) is 9.48 Å². The van der Waals surface area contributed by atoms with Gasteiger partial charge in [0.05, 0.1) is 25.0 Å². The van der Waals surface area contributed by atoms with E-state index in [0.29, 0.717) is 24.5 Å². The zero-order valence-corrected chi connectivity index (χ0v) is 21.5. The number of tetrazole rings is 1. The van der Waals surface area contributed by atoms with E-state index in [4.69, 9.17) is 0 Å². The molecular weight excluding hydrogens is 476 g/mol. The lowest BCUT2D eigenvalue weighted by Gasteiger charge is -2.05. The van der Waals surface area contributed by atoms with E-state index in [-0.39, 0.29) is 5.91 Å². The molecule has 0 aliphatic carbocycles. The lowest BCUT2D eigenvalue weighted by molar-refractivity contribution is 0.0955. The fraction of sp³-hybridized carbons (Fsp3) is 0.172. The van der Waals surface area contributed by atoms with Gasteiger partial charge < -0.3 is 0 Å². The molecule has 9 heteroatoms. The van der Waals surface area contributed by atoms with Crippen molar-refractivity contribution in [3.63, 3.8) is 0 Å². The third-order valence-corrected chi connectivity index (χ3v) is 6.28. The monoisotopic (exact) mass is 504 g/mol. The average Bonchev–Trinajstić information content (AvgIpc) is 3.50. The molecule has 0 saturated carbocycles. The minimum atomic E-state index is -0.291. The third kappa shape index (κ3) is 5.73. The second kappa shape index (κ2) is 11.0.